The normalized spacial score (nSPS) is 13.7. The Morgan fingerprint density at radius 2 is 1.89 bits per heavy atom. The van der Waals surface area contributed by atoms with E-state index in [1.54, 1.807) is 29.2 Å². The number of halogens is 4. The molecule has 0 saturated carbocycles. The summed E-state index contributed by atoms with van der Waals surface area (Å²) in [6, 6.07) is 15.0. The molecule has 3 heterocycles. The zero-order valence-electron chi connectivity index (χ0n) is 18.6. The number of amides is 1. The van der Waals surface area contributed by atoms with Crippen LogP contribution in [-0.4, -0.2) is 34.2 Å². The molecule has 0 aliphatic carbocycles. The molecule has 4 aromatic rings. The summed E-state index contributed by atoms with van der Waals surface area (Å²) in [6.45, 7) is 0.522. The molecule has 0 spiro atoms. The molecule has 6 nitrogen and oxygen atoms in total. The maximum atomic E-state index is 14.0. The number of benzene rings is 2. The van der Waals surface area contributed by atoms with Gasteiger partial charge in [-0.25, -0.2) is 9.50 Å². The molecule has 2 aromatic heterocycles. The Labute approximate surface area is 203 Å². The molecule has 5 rings (SSSR count). The fourth-order valence-electron chi connectivity index (χ4n) is 4.29. The molecule has 0 N–H and O–H groups in total. The Morgan fingerprint density at radius 3 is 2.60 bits per heavy atom. The van der Waals surface area contributed by atoms with E-state index in [9.17, 15) is 18.0 Å². The van der Waals surface area contributed by atoms with Crippen LogP contribution in [0.15, 0.2) is 54.6 Å². The van der Waals surface area contributed by atoms with E-state index in [2.05, 4.69) is 10.1 Å². The lowest BCUT2D eigenvalue weighted by Crippen LogP contribution is -2.36. The number of anilines is 1. The zero-order valence-corrected chi connectivity index (χ0v) is 19.4. The van der Waals surface area contributed by atoms with Crippen molar-refractivity contribution >= 4 is 28.8 Å². The number of carbonyl (C=O) groups excluding carboxylic acids is 1. The molecule has 2 aromatic carbocycles. The molecule has 180 valence electrons. The lowest BCUT2D eigenvalue weighted by atomic mass is 10.0. The highest BCUT2D eigenvalue weighted by Gasteiger charge is 2.36. The predicted octanol–water partition coefficient (Wildman–Crippen LogP) is 5.60. The maximum Gasteiger partial charge on any atom is 0.433 e. The Morgan fingerprint density at radius 1 is 1.14 bits per heavy atom. The number of nitrogens with zero attached hydrogens (tertiary/aromatic N) is 4. The van der Waals surface area contributed by atoms with Crippen molar-refractivity contribution in [2.45, 2.75) is 25.4 Å². The Balaban J connectivity index is 1.55. The number of fused-ring (bicyclic) bond motifs is 2. The monoisotopic (exact) mass is 500 g/mol. The fraction of sp³-hybridized carbons (Fsp3) is 0.240. The molecule has 0 radical (unpaired) electrons. The van der Waals surface area contributed by atoms with Gasteiger partial charge < -0.3 is 9.64 Å². The second-order valence-electron chi connectivity index (χ2n) is 8.20. The standard InChI is InChI=1S/C25H20ClF3N4O2/c1-35-17-10-8-15(9-11-17)18-13-21(25(27,28)29)33-24(30-18)23(26)19(31-33)14-22(34)32-12-4-6-16-5-2-3-7-20(16)32/h2-3,5,7-11,13H,4,6,12,14H2,1H3. The van der Waals surface area contributed by atoms with E-state index < -0.39 is 11.9 Å². The SMILES string of the molecule is COc1ccc(-c2cc(C(F)(F)F)n3nc(CC(=O)N4CCCc5ccccc54)c(Cl)c3n2)cc1. The van der Waals surface area contributed by atoms with Crippen LogP contribution >= 0.6 is 11.6 Å². The third kappa shape index (κ3) is 4.32. The van der Waals surface area contributed by atoms with Gasteiger partial charge in [0, 0.05) is 17.8 Å². The minimum Gasteiger partial charge on any atom is -0.497 e. The van der Waals surface area contributed by atoms with Gasteiger partial charge in [0.1, 0.15) is 10.8 Å². The molecule has 0 unspecified atom stereocenters. The van der Waals surface area contributed by atoms with Gasteiger partial charge >= 0.3 is 6.18 Å². The van der Waals surface area contributed by atoms with Crippen molar-refractivity contribution in [2.24, 2.45) is 0 Å². The average Bonchev–Trinajstić information content (AvgIpc) is 3.17. The van der Waals surface area contributed by atoms with E-state index in [0.29, 0.717) is 22.4 Å². The van der Waals surface area contributed by atoms with Crippen LogP contribution in [0.4, 0.5) is 18.9 Å². The second kappa shape index (κ2) is 8.88. The Bertz CT molecular complexity index is 1420. The molecular formula is C25H20ClF3N4O2. The molecule has 0 bridgehead atoms. The number of ether oxygens (including phenoxy) is 1. The van der Waals surface area contributed by atoms with E-state index >= 15 is 0 Å². The summed E-state index contributed by atoms with van der Waals surface area (Å²) >= 11 is 6.47. The van der Waals surface area contributed by atoms with E-state index in [0.717, 1.165) is 30.2 Å². The number of aryl methyl sites for hydroxylation is 1. The van der Waals surface area contributed by atoms with Gasteiger partial charge in [-0.05, 0) is 54.8 Å². The summed E-state index contributed by atoms with van der Waals surface area (Å²) in [4.78, 5) is 19.1. The molecule has 0 atom stereocenters. The maximum absolute atomic E-state index is 14.0. The summed E-state index contributed by atoms with van der Waals surface area (Å²) < 4.78 is 47.7. The van der Waals surface area contributed by atoms with Crippen LogP contribution in [0.25, 0.3) is 16.9 Å². The molecule has 0 fully saturated rings. The summed E-state index contributed by atoms with van der Waals surface area (Å²) in [5.74, 6) is 0.278. The molecule has 1 amide bonds. The minimum atomic E-state index is -4.72. The van der Waals surface area contributed by atoms with Crippen LogP contribution < -0.4 is 9.64 Å². The van der Waals surface area contributed by atoms with Gasteiger partial charge in [0.05, 0.1) is 24.9 Å². The third-order valence-corrected chi connectivity index (χ3v) is 6.39. The van der Waals surface area contributed by atoms with Crippen LogP contribution in [0.1, 0.15) is 23.4 Å². The average molecular weight is 501 g/mol. The molecule has 0 saturated heterocycles. The molecule has 1 aliphatic rings. The van der Waals surface area contributed by atoms with Crippen LogP contribution in [0.5, 0.6) is 5.75 Å². The highest BCUT2D eigenvalue weighted by Crippen LogP contribution is 2.35. The lowest BCUT2D eigenvalue weighted by Gasteiger charge is -2.29. The van der Waals surface area contributed by atoms with Crippen LogP contribution in [0, 0.1) is 0 Å². The predicted molar refractivity (Wildman–Crippen MR) is 126 cm³/mol. The quantitative estimate of drug-likeness (QED) is 0.366. The highest BCUT2D eigenvalue weighted by atomic mass is 35.5. The topological polar surface area (TPSA) is 59.7 Å². The van der Waals surface area contributed by atoms with Gasteiger partial charge in [0.15, 0.2) is 11.3 Å². The summed E-state index contributed by atoms with van der Waals surface area (Å²) in [5.41, 5.74) is 1.25. The van der Waals surface area contributed by atoms with Gasteiger partial charge in [-0.15, -0.1) is 0 Å². The van der Waals surface area contributed by atoms with Gasteiger partial charge in [0.25, 0.3) is 0 Å². The van der Waals surface area contributed by atoms with Crippen molar-refractivity contribution in [3.05, 3.63) is 76.6 Å². The molecular weight excluding hydrogens is 481 g/mol. The fourth-order valence-corrected chi connectivity index (χ4v) is 4.52. The molecule has 10 heteroatoms. The van der Waals surface area contributed by atoms with Gasteiger partial charge in [-0.2, -0.15) is 18.3 Å². The number of methoxy groups -OCH3 is 1. The summed E-state index contributed by atoms with van der Waals surface area (Å²) in [5, 5.41) is 3.99. The first-order chi connectivity index (χ1) is 16.8. The third-order valence-electron chi connectivity index (χ3n) is 6.01. The van der Waals surface area contributed by atoms with Crippen molar-refractivity contribution in [1.82, 2.24) is 14.6 Å². The van der Waals surface area contributed by atoms with E-state index in [1.807, 2.05) is 24.3 Å². The number of hydrogen-bond acceptors (Lipinski definition) is 4. The summed E-state index contributed by atoms with van der Waals surface area (Å²) in [7, 11) is 1.50. The number of para-hydroxylation sites is 1. The van der Waals surface area contributed by atoms with Crippen molar-refractivity contribution in [2.75, 3.05) is 18.6 Å². The van der Waals surface area contributed by atoms with E-state index in [1.165, 1.54) is 7.11 Å². The van der Waals surface area contributed by atoms with Crippen molar-refractivity contribution in [3.63, 3.8) is 0 Å². The largest absolute Gasteiger partial charge is 0.497 e. The van der Waals surface area contributed by atoms with Gasteiger partial charge in [0.2, 0.25) is 5.91 Å². The van der Waals surface area contributed by atoms with Crippen LogP contribution in [0.2, 0.25) is 5.02 Å². The van der Waals surface area contributed by atoms with Crippen molar-refractivity contribution in [3.8, 4) is 17.0 Å². The molecule has 1 aliphatic heterocycles. The van der Waals surface area contributed by atoms with Crippen LogP contribution in [-0.2, 0) is 23.8 Å². The number of aromatic nitrogens is 3. The van der Waals surface area contributed by atoms with Crippen molar-refractivity contribution < 1.29 is 22.7 Å². The van der Waals surface area contributed by atoms with Crippen molar-refractivity contribution in [1.29, 1.82) is 0 Å². The van der Waals surface area contributed by atoms with Gasteiger partial charge in [-0.3, -0.25) is 4.79 Å². The number of alkyl halides is 3. The first-order valence-electron chi connectivity index (χ1n) is 10.9. The Kier molecular flexibility index (Phi) is 5.88. The number of carbonyl (C=O) groups is 1. The second-order valence-corrected chi connectivity index (χ2v) is 8.58. The van der Waals surface area contributed by atoms with E-state index in [-0.39, 0.29) is 34.4 Å². The first kappa shape index (κ1) is 23.2. The Hall–Kier alpha value is -3.59. The number of hydrogen-bond donors (Lipinski definition) is 0. The molecule has 35 heavy (non-hydrogen) atoms. The van der Waals surface area contributed by atoms with E-state index in [4.69, 9.17) is 16.3 Å². The first-order valence-corrected chi connectivity index (χ1v) is 11.3. The highest BCUT2D eigenvalue weighted by molar-refractivity contribution is 6.34. The summed E-state index contributed by atoms with van der Waals surface area (Å²) in [6.07, 6.45) is -3.30. The lowest BCUT2D eigenvalue weighted by molar-refractivity contribution is -0.142. The zero-order chi connectivity index (χ0) is 24.7. The van der Waals surface area contributed by atoms with Crippen LogP contribution in [0.3, 0.4) is 0 Å². The smallest absolute Gasteiger partial charge is 0.433 e. The van der Waals surface area contributed by atoms with Gasteiger partial charge in [-0.1, -0.05) is 29.8 Å². The minimum absolute atomic E-state index is 0.0459. The number of rotatable bonds is 4.